The van der Waals surface area contributed by atoms with E-state index >= 15 is 0 Å². The molecule has 0 saturated carbocycles. The molecule has 2 N–H and O–H groups in total. The van der Waals surface area contributed by atoms with Gasteiger partial charge in [0.15, 0.2) is 17.5 Å². The van der Waals surface area contributed by atoms with Gasteiger partial charge >= 0.3 is 0 Å². The number of benzene rings is 2. The average molecular weight is 421 g/mol. The summed E-state index contributed by atoms with van der Waals surface area (Å²) >= 11 is 0. The third kappa shape index (κ3) is 5.33. The molecule has 31 heavy (non-hydrogen) atoms. The topological polar surface area (TPSA) is 85.6 Å². The zero-order valence-electron chi connectivity index (χ0n) is 17.9. The molecule has 0 amide bonds. The maximum atomic E-state index is 5.94. The SMILES string of the molecule is CCNC(=NCc1ccc(Oc2ccccc2OC)cc1)NC1CCc2ncnn2C1. The summed E-state index contributed by atoms with van der Waals surface area (Å²) in [5, 5.41) is 11.1. The van der Waals surface area contributed by atoms with Crippen molar-refractivity contribution in [2.45, 2.75) is 38.9 Å². The number of para-hydroxylation sites is 2. The summed E-state index contributed by atoms with van der Waals surface area (Å²) in [6, 6.07) is 15.8. The summed E-state index contributed by atoms with van der Waals surface area (Å²) in [6.45, 7) is 4.25. The predicted molar refractivity (Wildman–Crippen MR) is 120 cm³/mol. The zero-order chi connectivity index (χ0) is 21.5. The number of rotatable bonds is 7. The van der Waals surface area contributed by atoms with E-state index in [9.17, 15) is 0 Å². The second kappa shape index (κ2) is 9.97. The zero-order valence-corrected chi connectivity index (χ0v) is 17.9. The molecule has 0 fully saturated rings. The van der Waals surface area contributed by atoms with Gasteiger partial charge in [-0.1, -0.05) is 24.3 Å². The van der Waals surface area contributed by atoms with E-state index in [0.29, 0.717) is 18.0 Å². The lowest BCUT2D eigenvalue weighted by atomic mass is 10.1. The molecule has 2 aromatic carbocycles. The van der Waals surface area contributed by atoms with E-state index < -0.39 is 0 Å². The molecule has 0 saturated heterocycles. The first kappa shape index (κ1) is 20.7. The number of ether oxygens (including phenoxy) is 2. The predicted octanol–water partition coefficient (Wildman–Crippen LogP) is 3.15. The molecule has 1 aromatic heterocycles. The van der Waals surface area contributed by atoms with Gasteiger partial charge in [0.1, 0.15) is 17.9 Å². The highest BCUT2D eigenvalue weighted by Gasteiger charge is 2.20. The van der Waals surface area contributed by atoms with Crippen molar-refractivity contribution in [1.29, 1.82) is 0 Å². The van der Waals surface area contributed by atoms with Crippen LogP contribution in [-0.2, 0) is 19.5 Å². The largest absolute Gasteiger partial charge is 0.493 e. The van der Waals surface area contributed by atoms with Crippen molar-refractivity contribution in [3.05, 3.63) is 66.2 Å². The molecular formula is C23H28N6O2. The number of aromatic nitrogens is 3. The van der Waals surface area contributed by atoms with Crippen LogP contribution >= 0.6 is 0 Å². The minimum atomic E-state index is 0.281. The van der Waals surface area contributed by atoms with Crippen LogP contribution in [0.15, 0.2) is 59.9 Å². The summed E-state index contributed by atoms with van der Waals surface area (Å²) in [7, 11) is 1.64. The normalized spacial score (nSPS) is 15.8. The van der Waals surface area contributed by atoms with Crippen molar-refractivity contribution >= 4 is 5.96 Å². The highest BCUT2D eigenvalue weighted by Crippen LogP contribution is 2.30. The molecule has 1 aliphatic heterocycles. The standard InChI is InChI=1S/C23H28N6O2/c1-3-24-23(28-18-10-13-22-26-16-27-29(22)15-18)25-14-17-8-11-19(12-9-17)31-21-7-5-4-6-20(21)30-2/h4-9,11-12,16,18H,3,10,13-15H2,1-2H3,(H2,24,25,28). The molecule has 1 aliphatic rings. The Labute approximate surface area is 182 Å². The van der Waals surface area contributed by atoms with Crippen LogP contribution in [0.3, 0.4) is 0 Å². The summed E-state index contributed by atoms with van der Waals surface area (Å²) in [5.41, 5.74) is 1.10. The number of hydrogen-bond acceptors (Lipinski definition) is 5. The fourth-order valence-electron chi connectivity index (χ4n) is 3.53. The second-order valence-corrected chi connectivity index (χ2v) is 7.33. The highest BCUT2D eigenvalue weighted by atomic mass is 16.5. The van der Waals surface area contributed by atoms with E-state index in [1.165, 1.54) is 0 Å². The van der Waals surface area contributed by atoms with E-state index in [1.807, 2.05) is 53.2 Å². The van der Waals surface area contributed by atoms with Gasteiger partial charge in [-0.2, -0.15) is 5.10 Å². The van der Waals surface area contributed by atoms with Crippen LogP contribution < -0.4 is 20.1 Å². The number of aryl methyl sites for hydroxylation is 1. The number of aliphatic imine (C=N–C) groups is 1. The summed E-state index contributed by atoms with van der Waals surface area (Å²) in [6.07, 6.45) is 3.56. The van der Waals surface area contributed by atoms with Gasteiger partial charge < -0.3 is 20.1 Å². The van der Waals surface area contributed by atoms with Crippen molar-refractivity contribution in [2.75, 3.05) is 13.7 Å². The lowest BCUT2D eigenvalue weighted by Crippen LogP contribution is -2.47. The summed E-state index contributed by atoms with van der Waals surface area (Å²) in [4.78, 5) is 9.04. The maximum absolute atomic E-state index is 5.94. The van der Waals surface area contributed by atoms with Gasteiger partial charge in [-0.25, -0.2) is 14.7 Å². The number of fused-ring (bicyclic) bond motifs is 1. The third-order valence-electron chi connectivity index (χ3n) is 5.13. The Morgan fingerprint density at radius 3 is 2.74 bits per heavy atom. The van der Waals surface area contributed by atoms with E-state index in [4.69, 9.17) is 14.5 Å². The van der Waals surface area contributed by atoms with Crippen molar-refractivity contribution in [2.24, 2.45) is 4.99 Å². The molecule has 1 unspecified atom stereocenters. The van der Waals surface area contributed by atoms with E-state index in [1.54, 1.807) is 13.4 Å². The summed E-state index contributed by atoms with van der Waals surface area (Å²) in [5.74, 6) is 4.02. The fourth-order valence-corrected chi connectivity index (χ4v) is 3.53. The highest BCUT2D eigenvalue weighted by molar-refractivity contribution is 5.80. The quantitative estimate of drug-likeness (QED) is 0.451. The van der Waals surface area contributed by atoms with Crippen molar-refractivity contribution in [3.63, 3.8) is 0 Å². The van der Waals surface area contributed by atoms with E-state index in [-0.39, 0.29) is 6.04 Å². The average Bonchev–Trinajstić information content (AvgIpc) is 3.27. The van der Waals surface area contributed by atoms with E-state index in [2.05, 4.69) is 27.6 Å². The Bertz CT molecular complexity index is 1010. The smallest absolute Gasteiger partial charge is 0.191 e. The maximum Gasteiger partial charge on any atom is 0.191 e. The minimum absolute atomic E-state index is 0.281. The van der Waals surface area contributed by atoms with Gasteiger partial charge in [-0.3, -0.25) is 0 Å². The van der Waals surface area contributed by atoms with Crippen LogP contribution in [0.1, 0.15) is 24.7 Å². The lowest BCUT2D eigenvalue weighted by Gasteiger charge is -2.25. The van der Waals surface area contributed by atoms with Crippen LogP contribution in [0, 0.1) is 0 Å². The molecule has 0 radical (unpaired) electrons. The minimum Gasteiger partial charge on any atom is -0.493 e. The van der Waals surface area contributed by atoms with Crippen LogP contribution in [-0.4, -0.2) is 40.4 Å². The van der Waals surface area contributed by atoms with Crippen LogP contribution in [0.4, 0.5) is 0 Å². The Morgan fingerprint density at radius 1 is 1.16 bits per heavy atom. The molecule has 1 atom stereocenters. The second-order valence-electron chi connectivity index (χ2n) is 7.33. The van der Waals surface area contributed by atoms with Crippen LogP contribution in [0.2, 0.25) is 0 Å². The van der Waals surface area contributed by atoms with Gasteiger partial charge in [-0.15, -0.1) is 0 Å². The van der Waals surface area contributed by atoms with Gasteiger partial charge in [-0.05, 0) is 43.2 Å². The van der Waals surface area contributed by atoms with Crippen LogP contribution in [0.25, 0.3) is 0 Å². The van der Waals surface area contributed by atoms with Crippen molar-refractivity contribution in [3.8, 4) is 17.2 Å². The number of hydrogen-bond donors (Lipinski definition) is 2. The molecule has 0 bridgehead atoms. The fraction of sp³-hybridized carbons (Fsp3) is 0.348. The number of nitrogens with zero attached hydrogens (tertiary/aromatic N) is 4. The number of methoxy groups -OCH3 is 1. The molecule has 0 spiro atoms. The molecule has 2 heterocycles. The first-order chi connectivity index (χ1) is 15.2. The Kier molecular flexibility index (Phi) is 6.66. The van der Waals surface area contributed by atoms with Gasteiger partial charge in [0.05, 0.1) is 20.2 Å². The van der Waals surface area contributed by atoms with Gasteiger partial charge in [0.2, 0.25) is 0 Å². The van der Waals surface area contributed by atoms with E-state index in [0.717, 1.165) is 49.0 Å². The molecule has 8 nitrogen and oxygen atoms in total. The molecular weight excluding hydrogens is 392 g/mol. The van der Waals surface area contributed by atoms with Crippen molar-refractivity contribution < 1.29 is 9.47 Å². The first-order valence-corrected chi connectivity index (χ1v) is 10.6. The number of nitrogens with one attached hydrogen (secondary N) is 2. The van der Waals surface area contributed by atoms with Gasteiger partial charge in [0, 0.05) is 19.0 Å². The lowest BCUT2D eigenvalue weighted by molar-refractivity contribution is 0.379. The molecule has 4 rings (SSSR count). The van der Waals surface area contributed by atoms with Crippen LogP contribution in [0.5, 0.6) is 17.2 Å². The Morgan fingerprint density at radius 2 is 1.97 bits per heavy atom. The van der Waals surface area contributed by atoms with Crippen molar-refractivity contribution in [1.82, 2.24) is 25.4 Å². The molecule has 162 valence electrons. The summed E-state index contributed by atoms with van der Waals surface area (Å²) < 4.78 is 13.2. The first-order valence-electron chi connectivity index (χ1n) is 10.6. The third-order valence-corrected chi connectivity index (χ3v) is 5.13. The molecule has 0 aliphatic carbocycles. The van der Waals surface area contributed by atoms with Gasteiger partial charge in [0.25, 0.3) is 0 Å². The number of guanidine groups is 1. The Hall–Kier alpha value is -3.55. The Balaban J connectivity index is 1.36. The molecule has 8 heteroatoms. The monoisotopic (exact) mass is 420 g/mol. The molecule has 3 aromatic rings.